The van der Waals surface area contributed by atoms with Gasteiger partial charge in [0.05, 0.1) is 0 Å². The maximum Gasteiger partial charge on any atom is 0.339 e. The first-order chi connectivity index (χ1) is 9.18. The van der Waals surface area contributed by atoms with Gasteiger partial charge in [-0.2, -0.15) is 0 Å². The van der Waals surface area contributed by atoms with Crippen LogP contribution in [0, 0.1) is 4.91 Å². The van der Waals surface area contributed by atoms with E-state index in [2.05, 4.69) is 16.0 Å². The van der Waals surface area contributed by atoms with Gasteiger partial charge in [-0.25, -0.2) is 9.97 Å². The van der Waals surface area contributed by atoms with Gasteiger partial charge in [0.2, 0.25) is 11.6 Å². The summed E-state index contributed by atoms with van der Waals surface area (Å²) in [4.78, 5) is 21.8. The van der Waals surface area contributed by atoms with Crippen molar-refractivity contribution < 1.29 is 4.76 Å². The fourth-order valence-electron chi connectivity index (χ4n) is 2.44. The van der Waals surface area contributed by atoms with Crippen molar-refractivity contribution >= 4 is 23.0 Å². The van der Waals surface area contributed by atoms with Gasteiger partial charge in [-0.05, 0) is 18.1 Å². The molecule has 2 N–H and O–H groups in total. The summed E-state index contributed by atoms with van der Waals surface area (Å²) in [6, 6.07) is 8.09. The molecule has 1 aromatic carbocycles. The van der Waals surface area contributed by atoms with Crippen LogP contribution in [-0.2, 0) is 6.42 Å². The lowest BCUT2D eigenvalue weighted by Crippen LogP contribution is -2.18. The SMILES string of the molecule is C[N+](=O)c1c(N)ncnc1N1CCc2ccccc21. The normalized spacial score (nSPS) is 13.4. The molecule has 3 rings (SSSR count). The Morgan fingerprint density at radius 3 is 2.89 bits per heavy atom. The lowest BCUT2D eigenvalue weighted by molar-refractivity contribution is -0.427. The molecule has 19 heavy (non-hydrogen) atoms. The molecule has 0 saturated carbocycles. The first-order valence-corrected chi connectivity index (χ1v) is 6.05. The third-order valence-corrected chi connectivity index (χ3v) is 3.29. The van der Waals surface area contributed by atoms with Gasteiger partial charge in [0.25, 0.3) is 0 Å². The molecule has 6 nitrogen and oxygen atoms in total. The molecule has 1 aliphatic heterocycles. The van der Waals surface area contributed by atoms with Crippen molar-refractivity contribution in [2.24, 2.45) is 0 Å². The summed E-state index contributed by atoms with van der Waals surface area (Å²) in [6.45, 7) is 0.788. The van der Waals surface area contributed by atoms with Crippen LogP contribution in [0.3, 0.4) is 0 Å². The number of nitrogens with two attached hydrogens (primary N) is 1. The third-order valence-electron chi connectivity index (χ3n) is 3.29. The fraction of sp³-hybridized carbons (Fsp3) is 0.231. The number of aromatic nitrogens is 2. The van der Waals surface area contributed by atoms with Crippen molar-refractivity contribution in [2.75, 3.05) is 24.2 Å². The summed E-state index contributed by atoms with van der Waals surface area (Å²) in [5.41, 5.74) is 8.43. The summed E-state index contributed by atoms with van der Waals surface area (Å²) >= 11 is 0. The van der Waals surface area contributed by atoms with Crippen LogP contribution in [-0.4, -0.2) is 28.3 Å². The Labute approximate surface area is 110 Å². The molecule has 0 radical (unpaired) electrons. The minimum absolute atomic E-state index is 0.201. The topological polar surface area (TPSA) is 75.1 Å². The minimum atomic E-state index is 0.201. The van der Waals surface area contributed by atoms with Gasteiger partial charge in [0.15, 0.2) is 7.05 Å². The van der Waals surface area contributed by atoms with Crippen LogP contribution < -0.4 is 10.6 Å². The highest BCUT2D eigenvalue weighted by atomic mass is 16.3. The second-order valence-electron chi connectivity index (χ2n) is 4.46. The van der Waals surface area contributed by atoms with E-state index in [0.717, 1.165) is 18.7 Å². The summed E-state index contributed by atoms with van der Waals surface area (Å²) in [6.07, 6.45) is 2.32. The van der Waals surface area contributed by atoms with Crippen molar-refractivity contribution in [1.82, 2.24) is 9.97 Å². The van der Waals surface area contributed by atoms with Crippen LogP contribution in [0.15, 0.2) is 30.6 Å². The van der Waals surface area contributed by atoms with Crippen molar-refractivity contribution in [1.29, 1.82) is 0 Å². The summed E-state index contributed by atoms with van der Waals surface area (Å²) in [7, 11) is 1.40. The van der Waals surface area contributed by atoms with E-state index in [1.807, 2.05) is 23.1 Å². The van der Waals surface area contributed by atoms with E-state index in [-0.39, 0.29) is 5.82 Å². The maximum atomic E-state index is 11.7. The Kier molecular flexibility index (Phi) is 2.63. The molecule has 0 aliphatic carbocycles. The number of hydrogen-bond acceptors (Lipinski definition) is 5. The van der Waals surface area contributed by atoms with E-state index < -0.39 is 0 Å². The maximum absolute atomic E-state index is 11.7. The number of benzene rings is 1. The molecule has 0 spiro atoms. The summed E-state index contributed by atoms with van der Waals surface area (Å²) < 4.78 is 0.714. The van der Waals surface area contributed by atoms with E-state index in [4.69, 9.17) is 5.73 Å². The molecule has 0 bridgehead atoms. The largest absolute Gasteiger partial charge is 0.378 e. The predicted octanol–water partition coefficient (Wildman–Crippen LogP) is 1.79. The minimum Gasteiger partial charge on any atom is -0.378 e. The number of para-hydroxylation sites is 1. The zero-order valence-corrected chi connectivity index (χ0v) is 10.6. The average molecular weight is 256 g/mol. The highest BCUT2D eigenvalue weighted by molar-refractivity contribution is 5.77. The summed E-state index contributed by atoms with van der Waals surface area (Å²) in [5.74, 6) is 0.766. The van der Waals surface area contributed by atoms with E-state index in [9.17, 15) is 4.91 Å². The van der Waals surface area contributed by atoms with Crippen molar-refractivity contribution in [2.45, 2.75) is 6.42 Å². The van der Waals surface area contributed by atoms with Gasteiger partial charge in [-0.1, -0.05) is 18.2 Å². The Bertz CT molecular complexity index is 655. The number of nitrogen functional groups attached to an aromatic ring is 1. The molecule has 0 atom stereocenters. The van der Waals surface area contributed by atoms with Crippen LogP contribution >= 0.6 is 0 Å². The van der Waals surface area contributed by atoms with Gasteiger partial charge in [0.1, 0.15) is 6.33 Å². The summed E-state index contributed by atoms with van der Waals surface area (Å²) in [5, 5.41) is 0. The fourth-order valence-corrected chi connectivity index (χ4v) is 2.44. The van der Waals surface area contributed by atoms with Crippen LogP contribution in [0.25, 0.3) is 0 Å². The lowest BCUT2D eigenvalue weighted by atomic mass is 10.2. The monoisotopic (exact) mass is 256 g/mol. The first-order valence-electron chi connectivity index (χ1n) is 6.05. The molecule has 6 heteroatoms. The Morgan fingerprint density at radius 2 is 2.11 bits per heavy atom. The standard InChI is InChI=1S/C13H14N5O/c1-17(19)11-12(14)15-8-16-13(11)18-7-6-9-4-2-3-5-10(9)18/h2-5,8H,6-7H2,1H3,(H2,14,15,16)/q+1. The van der Waals surface area contributed by atoms with E-state index in [0.29, 0.717) is 16.3 Å². The van der Waals surface area contributed by atoms with Crippen LogP contribution in [0.4, 0.5) is 23.0 Å². The number of anilines is 3. The van der Waals surface area contributed by atoms with Crippen molar-refractivity contribution in [3.63, 3.8) is 0 Å². The Hall–Kier alpha value is -2.50. The predicted molar refractivity (Wildman–Crippen MR) is 72.8 cm³/mol. The number of hydrogen-bond donors (Lipinski definition) is 1. The van der Waals surface area contributed by atoms with Gasteiger partial charge in [-0.3, -0.25) is 0 Å². The molecule has 1 aliphatic rings. The molecular formula is C13H14N5O+. The Morgan fingerprint density at radius 1 is 1.32 bits per heavy atom. The molecule has 2 aromatic rings. The van der Waals surface area contributed by atoms with Crippen LogP contribution in [0.5, 0.6) is 0 Å². The molecule has 0 saturated heterocycles. The molecular weight excluding hydrogens is 242 g/mol. The zero-order chi connectivity index (χ0) is 13.4. The van der Waals surface area contributed by atoms with Gasteiger partial charge in [-0.15, -0.1) is 0 Å². The second-order valence-corrected chi connectivity index (χ2v) is 4.46. The number of rotatable bonds is 2. The van der Waals surface area contributed by atoms with Gasteiger partial charge >= 0.3 is 5.69 Å². The Balaban J connectivity index is 2.15. The molecule has 2 heterocycles. The number of nitroso groups, excluding NO2 is 1. The molecule has 0 fully saturated rings. The quantitative estimate of drug-likeness (QED) is 0.829. The lowest BCUT2D eigenvalue weighted by Gasteiger charge is -2.17. The van der Waals surface area contributed by atoms with E-state index >= 15 is 0 Å². The molecule has 0 amide bonds. The van der Waals surface area contributed by atoms with Crippen molar-refractivity contribution in [3.8, 4) is 0 Å². The van der Waals surface area contributed by atoms with Crippen molar-refractivity contribution in [3.05, 3.63) is 41.1 Å². The first kappa shape index (κ1) is 11.6. The number of fused-ring (bicyclic) bond motifs is 1. The van der Waals surface area contributed by atoms with Crippen LogP contribution in [0.1, 0.15) is 5.56 Å². The van der Waals surface area contributed by atoms with Crippen LogP contribution in [0.2, 0.25) is 0 Å². The smallest absolute Gasteiger partial charge is 0.339 e. The zero-order valence-electron chi connectivity index (χ0n) is 10.6. The number of nitrogens with zero attached hydrogens (tertiary/aromatic N) is 4. The highest BCUT2D eigenvalue weighted by Gasteiger charge is 2.30. The van der Waals surface area contributed by atoms with Gasteiger partial charge in [0, 0.05) is 21.9 Å². The molecule has 96 valence electrons. The second kappa shape index (κ2) is 4.31. The third kappa shape index (κ3) is 1.81. The molecule has 0 unspecified atom stereocenters. The van der Waals surface area contributed by atoms with Gasteiger partial charge < -0.3 is 10.6 Å². The highest BCUT2D eigenvalue weighted by Crippen LogP contribution is 2.38. The average Bonchev–Trinajstić information content (AvgIpc) is 2.81. The van der Waals surface area contributed by atoms with E-state index in [1.54, 1.807) is 0 Å². The van der Waals surface area contributed by atoms with E-state index in [1.165, 1.54) is 18.9 Å². The molecule has 1 aromatic heterocycles.